The second-order valence-electron chi connectivity index (χ2n) is 5.72. The lowest BCUT2D eigenvalue weighted by Crippen LogP contribution is -2.20. The second-order valence-corrected chi connectivity index (χ2v) is 7.74. The van der Waals surface area contributed by atoms with E-state index in [0.29, 0.717) is 17.1 Å². The number of aromatic nitrogens is 2. The van der Waals surface area contributed by atoms with Crippen molar-refractivity contribution in [2.24, 2.45) is 0 Å². The Bertz CT molecular complexity index is 1080. The number of carbonyl (C=O) groups excluding carboxylic acids is 1. The average Bonchev–Trinajstić information content (AvgIpc) is 3.14. The standard InChI is InChI=1S/C18H17N3O6S/c1-25-13-4-3-5-14(10-13)26-11-16(22)19-18-21-20-17(27-18)12-6-8-15(9-7-12)28(2,23)24/h3-10H,11H2,1-2H3,(H,19,21,22). The van der Waals surface area contributed by atoms with Gasteiger partial charge in [0.1, 0.15) is 11.5 Å². The van der Waals surface area contributed by atoms with E-state index in [1.54, 1.807) is 36.4 Å². The van der Waals surface area contributed by atoms with Crippen LogP contribution in [0.15, 0.2) is 57.8 Å². The number of hydrogen-bond donors (Lipinski definition) is 1. The van der Waals surface area contributed by atoms with Crippen molar-refractivity contribution in [3.05, 3.63) is 48.5 Å². The summed E-state index contributed by atoms with van der Waals surface area (Å²) in [5.74, 6) is 0.752. The van der Waals surface area contributed by atoms with E-state index in [1.807, 2.05) is 0 Å². The van der Waals surface area contributed by atoms with Crippen LogP contribution < -0.4 is 14.8 Å². The summed E-state index contributed by atoms with van der Waals surface area (Å²) < 4.78 is 38.8. The largest absolute Gasteiger partial charge is 0.497 e. The van der Waals surface area contributed by atoms with Crippen LogP contribution in [-0.2, 0) is 14.6 Å². The second kappa shape index (κ2) is 8.09. The normalized spacial score (nSPS) is 11.1. The summed E-state index contributed by atoms with van der Waals surface area (Å²) in [5.41, 5.74) is 0.521. The van der Waals surface area contributed by atoms with Gasteiger partial charge >= 0.3 is 6.01 Å². The predicted molar refractivity (Wildman–Crippen MR) is 100.0 cm³/mol. The highest BCUT2D eigenvalue weighted by Gasteiger charge is 2.13. The number of anilines is 1. The number of sulfone groups is 1. The Labute approximate surface area is 161 Å². The lowest BCUT2D eigenvalue weighted by Gasteiger charge is -2.06. The van der Waals surface area contributed by atoms with Crippen LogP contribution in [0.4, 0.5) is 6.01 Å². The molecule has 0 fully saturated rings. The number of rotatable bonds is 7. The number of carbonyl (C=O) groups is 1. The Balaban J connectivity index is 1.60. The minimum atomic E-state index is -3.29. The molecule has 2 aromatic carbocycles. The van der Waals surface area contributed by atoms with Crippen LogP contribution in [0.25, 0.3) is 11.5 Å². The molecule has 0 aliphatic carbocycles. The first-order chi connectivity index (χ1) is 13.3. The molecule has 3 rings (SSSR count). The van der Waals surface area contributed by atoms with Crippen molar-refractivity contribution in [1.29, 1.82) is 0 Å². The van der Waals surface area contributed by atoms with Gasteiger partial charge in [-0.05, 0) is 36.4 Å². The zero-order chi connectivity index (χ0) is 20.1. The molecule has 28 heavy (non-hydrogen) atoms. The summed E-state index contributed by atoms with van der Waals surface area (Å²) in [7, 11) is -1.76. The zero-order valence-electron chi connectivity index (χ0n) is 15.1. The molecular weight excluding hydrogens is 386 g/mol. The highest BCUT2D eigenvalue weighted by molar-refractivity contribution is 7.90. The van der Waals surface area contributed by atoms with Crippen LogP contribution >= 0.6 is 0 Å². The van der Waals surface area contributed by atoms with Gasteiger partial charge in [0.05, 0.1) is 12.0 Å². The van der Waals surface area contributed by atoms with Crippen molar-refractivity contribution in [2.75, 3.05) is 25.3 Å². The van der Waals surface area contributed by atoms with Crippen molar-refractivity contribution >= 4 is 21.8 Å². The first-order valence-corrected chi connectivity index (χ1v) is 9.95. The first kappa shape index (κ1) is 19.4. The van der Waals surface area contributed by atoms with Gasteiger partial charge in [0, 0.05) is 17.9 Å². The molecule has 1 amide bonds. The molecular formula is C18H17N3O6S. The van der Waals surface area contributed by atoms with E-state index in [1.165, 1.54) is 19.2 Å². The van der Waals surface area contributed by atoms with E-state index in [4.69, 9.17) is 13.9 Å². The van der Waals surface area contributed by atoms with E-state index in [0.717, 1.165) is 6.26 Å². The minimum absolute atomic E-state index is 0.0959. The van der Waals surface area contributed by atoms with Gasteiger partial charge in [0.2, 0.25) is 5.89 Å². The van der Waals surface area contributed by atoms with Gasteiger partial charge in [-0.2, -0.15) is 0 Å². The quantitative estimate of drug-likeness (QED) is 0.637. The molecule has 0 saturated heterocycles. The van der Waals surface area contributed by atoms with Gasteiger partial charge in [-0.15, -0.1) is 5.10 Å². The van der Waals surface area contributed by atoms with Crippen molar-refractivity contribution in [3.8, 4) is 23.0 Å². The lowest BCUT2D eigenvalue weighted by atomic mass is 10.2. The molecule has 1 N–H and O–H groups in total. The maximum atomic E-state index is 12.0. The molecule has 1 aromatic heterocycles. The molecule has 0 unspecified atom stereocenters. The fourth-order valence-corrected chi connectivity index (χ4v) is 2.86. The molecule has 0 saturated carbocycles. The van der Waals surface area contributed by atoms with Gasteiger partial charge in [0.15, 0.2) is 16.4 Å². The van der Waals surface area contributed by atoms with Gasteiger partial charge < -0.3 is 13.9 Å². The van der Waals surface area contributed by atoms with Crippen LogP contribution in [0.5, 0.6) is 11.5 Å². The van der Waals surface area contributed by atoms with Crippen LogP contribution in [0.3, 0.4) is 0 Å². The molecule has 0 aliphatic heterocycles. The highest BCUT2D eigenvalue weighted by atomic mass is 32.2. The first-order valence-electron chi connectivity index (χ1n) is 8.06. The summed E-state index contributed by atoms with van der Waals surface area (Å²) in [6.07, 6.45) is 1.12. The van der Waals surface area contributed by atoms with E-state index in [-0.39, 0.29) is 23.4 Å². The minimum Gasteiger partial charge on any atom is -0.497 e. The Morgan fingerprint density at radius 1 is 1.11 bits per heavy atom. The molecule has 0 radical (unpaired) electrons. The van der Waals surface area contributed by atoms with E-state index in [2.05, 4.69) is 15.5 Å². The summed E-state index contributed by atoms with van der Waals surface area (Å²) in [6.45, 7) is -0.256. The number of ether oxygens (including phenoxy) is 2. The Morgan fingerprint density at radius 2 is 1.82 bits per heavy atom. The summed E-state index contributed by atoms with van der Waals surface area (Å²) >= 11 is 0. The number of nitrogens with one attached hydrogen (secondary N) is 1. The number of benzene rings is 2. The summed E-state index contributed by atoms with van der Waals surface area (Å²) in [4.78, 5) is 12.2. The molecule has 146 valence electrons. The lowest BCUT2D eigenvalue weighted by molar-refractivity contribution is -0.118. The fraction of sp³-hybridized carbons (Fsp3) is 0.167. The van der Waals surface area contributed by atoms with Gasteiger partial charge in [-0.25, -0.2) is 8.42 Å². The molecule has 10 heteroatoms. The van der Waals surface area contributed by atoms with Crippen molar-refractivity contribution in [3.63, 3.8) is 0 Å². The topological polar surface area (TPSA) is 121 Å². The highest BCUT2D eigenvalue weighted by Crippen LogP contribution is 2.22. The maximum Gasteiger partial charge on any atom is 0.322 e. The predicted octanol–water partition coefficient (Wildman–Crippen LogP) is 2.17. The molecule has 0 atom stereocenters. The fourth-order valence-electron chi connectivity index (χ4n) is 2.23. The van der Waals surface area contributed by atoms with E-state index < -0.39 is 15.7 Å². The van der Waals surface area contributed by atoms with Crippen LogP contribution in [-0.4, -0.2) is 44.5 Å². The number of methoxy groups -OCH3 is 1. The SMILES string of the molecule is COc1cccc(OCC(=O)Nc2nnc(-c3ccc(S(C)(=O)=O)cc3)o2)c1. The van der Waals surface area contributed by atoms with Crippen molar-refractivity contribution < 1.29 is 27.1 Å². The number of hydrogen-bond acceptors (Lipinski definition) is 8. The molecule has 3 aromatic rings. The molecule has 0 spiro atoms. The number of nitrogens with zero attached hydrogens (tertiary/aromatic N) is 2. The molecule has 0 aliphatic rings. The third kappa shape index (κ3) is 4.86. The Kier molecular flexibility index (Phi) is 5.59. The van der Waals surface area contributed by atoms with Crippen LogP contribution in [0.1, 0.15) is 0 Å². The van der Waals surface area contributed by atoms with Crippen LogP contribution in [0, 0.1) is 0 Å². The Morgan fingerprint density at radius 3 is 2.50 bits per heavy atom. The van der Waals surface area contributed by atoms with Crippen LogP contribution in [0.2, 0.25) is 0 Å². The monoisotopic (exact) mass is 403 g/mol. The average molecular weight is 403 g/mol. The third-order valence-corrected chi connectivity index (χ3v) is 4.74. The molecule has 0 bridgehead atoms. The van der Waals surface area contributed by atoms with Gasteiger partial charge in [-0.3, -0.25) is 10.1 Å². The molecule has 9 nitrogen and oxygen atoms in total. The van der Waals surface area contributed by atoms with Gasteiger partial charge in [-0.1, -0.05) is 11.2 Å². The smallest absolute Gasteiger partial charge is 0.322 e. The summed E-state index contributed by atoms with van der Waals surface area (Å²) in [6, 6.07) is 12.7. The molecule has 1 heterocycles. The van der Waals surface area contributed by atoms with E-state index >= 15 is 0 Å². The number of amides is 1. The van der Waals surface area contributed by atoms with E-state index in [9.17, 15) is 13.2 Å². The van der Waals surface area contributed by atoms with Crippen molar-refractivity contribution in [2.45, 2.75) is 4.90 Å². The zero-order valence-corrected chi connectivity index (χ0v) is 15.9. The maximum absolute atomic E-state index is 12.0. The Hall–Kier alpha value is -3.40. The van der Waals surface area contributed by atoms with Gasteiger partial charge in [0.25, 0.3) is 5.91 Å². The van der Waals surface area contributed by atoms with Crippen molar-refractivity contribution in [1.82, 2.24) is 10.2 Å². The summed E-state index contributed by atoms with van der Waals surface area (Å²) in [5, 5.41) is 10.0. The third-order valence-electron chi connectivity index (χ3n) is 3.61.